The normalized spacial score (nSPS) is 16.6. The minimum Gasteiger partial charge on any atom is -0.311 e. The van der Waals surface area contributed by atoms with Gasteiger partial charge in [0, 0.05) is 22.5 Å². The molecule has 0 saturated heterocycles. The van der Waals surface area contributed by atoms with E-state index in [1.807, 2.05) is 30.9 Å². The number of carbonyl (C=O) groups is 1. The SMILES string of the molecule is Cc1nc(S[C@H](C)C(=O)N2CCc3ccccc32)c2c3c(sc2n1)CCC3. The first-order chi connectivity index (χ1) is 13.1. The third kappa shape index (κ3) is 2.86. The number of para-hydroxylation sites is 1. The number of amides is 1. The van der Waals surface area contributed by atoms with Crippen LogP contribution in [0.4, 0.5) is 5.69 Å². The van der Waals surface area contributed by atoms with Crippen molar-refractivity contribution in [1.82, 2.24) is 9.97 Å². The number of thiophene rings is 1. The van der Waals surface area contributed by atoms with Crippen LogP contribution < -0.4 is 4.90 Å². The van der Waals surface area contributed by atoms with Crippen molar-refractivity contribution >= 4 is 44.9 Å². The van der Waals surface area contributed by atoms with Gasteiger partial charge in [0.2, 0.25) is 5.91 Å². The van der Waals surface area contributed by atoms with E-state index in [1.54, 1.807) is 23.1 Å². The smallest absolute Gasteiger partial charge is 0.240 e. The molecule has 6 heteroatoms. The minimum absolute atomic E-state index is 0.168. The molecule has 1 aliphatic heterocycles. The molecule has 2 aromatic heterocycles. The van der Waals surface area contributed by atoms with E-state index in [4.69, 9.17) is 4.98 Å². The number of thioether (sulfide) groups is 1. The number of nitrogens with zero attached hydrogens (tertiary/aromatic N) is 3. The van der Waals surface area contributed by atoms with Crippen LogP contribution in [0.5, 0.6) is 0 Å². The number of hydrogen-bond acceptors (Lipinski definition) is 5. The van der Waals surface area contributed by atoms with Gasteiger partial charge in [0.05, 0.1) is 5.25 Å². The summed E-state index contributed by atoms with van der Waals surface area (Å²) >= 11 is 3.40. The van der Waals surface area contributed by atoms with Crippen LogP contribution in [0.15, 0.2) is 29.3 Å². The summed E-state index contributed by atoms with van der Waals surface area (Å²) in [7, 11) is 0. The molecular formula is C21H21N3OS2. The monoisotopic (exact) mass is 395 g/mol. The molecule has 5 rings (SSSR count). The summed E-state index contributed by atoms with van der Waals surface area (Å²) in [5, 5.41) is 2.00. The number of anilines is 1. The Morgan fingerprint density at radius 3 is 2.96 bits per heavy atom. The largest absolute Gasteiger partial charge is 0.311 e. The Balaban J connectivity index is 1.46. The highest BCUT2D eigenvalue weighted by Crippen LogP contribution is 2.41. The number of benzene rings is 1. The third-order valence-corrected chi connectivity index (χ3v) is 7.69. The highest BCUT2D eigenvalue weighted by atomic mass is 32.2. The van der Waals surface area contributed by atoms with Crippen LogP contribution in [0.3, 0.4) is 0 Å². The highest BCUT2D eigenvalue weighted by Gasteiger charge is 2.30. The summed E-state index contributed by atoms with van der Waals surface area (Å²) in [5.74, 6) is 0.956. The molecule has 4 nitrogen and oxygen atoms in total. The van der Waals surface area contributed by atoms with Crippen molar-refractivity contribution in [1.29, 1.82) is 0 Å². The molecule has 0 bridgehead atoms. The number of carbonyl (C=O) groups excluding carboxylic acids is 1. The quantitative estimate of drug-likeness (QED) is 0.482. The van der Waals surface area contributed by atoms with E-state index in [0.717, 1.165) is 47.2 Å². The minimum atomic E-state index is -0.175. The average molecular weight is 396 g/mol. The number of aryl methyl sites for hydroxylation is 3. The van der Waals surface area contributed by atoms with Crippen molar-refractivity contribution in [3.8, 4) is 0 Å². The van der Waals surface area contributed by atoms with Crippen LogP contribution in [0.2, 0.25) is 0 Å². The predicted octanol–water partition coefficient (Wildman–Crippen LogP) is 4.56. The molecule has 27 heavy (non-hydrogen) atoms. The fourth-order valence-corrected chi connectivity index (χ4v) is 6.61. The second kappa shape index (κ2) is 6.60. The van der Waals surface area contributed by atoms with Gasteiger partial charge in [-0.3, -0.25) is 4.79 Å². The molecule has 3 heterocycles. The maximum absolute atomic E-state index is 13.2. The number of fused-ring (bicyclic) bond motifs is 4. The molecule has 2 aliphatic rings. The predicted molar refractivity (Wildman–Crippen MR) is 112 cm³/mol. The molecule has 138 valence electrons. The Hall–Kier alpha value is -1.92. The Morgan fingerprint density at radius 2 is 2.07 bits per heavy atom. The molecule has 3 aromatic rings. The summed E-state index contributed by atoms with van der Waals surface area (Å²) in [4.78, 5) is 27.0. The van der Waals surface area contributed by atoms with Gasteiger partial charge in [0.15, 0.2) is 0 Å². The van der Waals surface area contributed by atoms with Gasteiger partial charge in [-0.05, 0) is 56.7 Å². The van der Waals surface area contributed by atoms with Crippen LogP contribution in [-0.2, 0) is 24.1 Å². The van der Waals surface area contributed by atoms with E-state index in [2.05, 4.69) is 17.1 Å². The van der Waals surface area contributed by atoms with Crippen molar-refractivity contribution in [2.75, 3.05) is 11.4 Å². The summed E-state index contributed by atoms with van der Waals surface area (Å²) in [5.41, 5.74) is 3.75. The van der Waals surface area contributed by atoms with E-state index in [0.29, 0.717) is 0 Å². The van der Waals surface area contributed by atoms with Crippen LogP contribution in [0.1, 0.15) is 35.2 Å². The van der Waals surface area contributed by atoms with Gasteiger partial charge in [-0.2, -0.15) is 0 Å². The molecule has 0 spiro atoms. The van der Waals surface area contributed by atoms with E-state index in [9.17, 15) is 4.79 Å². The van der Waals surface area contributed by atoms with Gasteiger partial charge in [-0.1, -0.05) is 30.0 Å². The number of hydrogen-bond donors (Lipinski definition) is 0. The molecule has 0 unspecified atom stereocenters. The second-order valence-corrected chi connectivity index (χ2v) is 9.66. The fourth-order valence-electron chi connectivity index (χ4n) is 4.15. The summed E-state index contributed by atoms with van der Waals surface area (Å²) in [6.07, 6.45) is 4.41. The highest BCUT2D eigenvalue weighted by molar-refractivity contribution is 8.00. The van der Waals surface area contributed by atoms with E-state index < -0.39 is 0 Å². The van der Waals surface area contributed by atoms with E-state index in [1.165, 1.54) is 27.8 Å². The number of aromatic nitrogens is 2. The van der Waals surface area contributed by atoms with Crippen molar-refractivity contribution < 1.29 is 4.79 Å². The Morgan fingerprint density at radius 1 is 1.22 bits per heavy atom. The van der Waals surface area contributed by atoms with Gasteiger partial charge >= 0.3 is 0 Å². The second-order valence-electron chi connectivity index (χ2n) is 7.24. The molecule has 1 aliphatic carbocycles. The van der Waals surface area contributed by atoms with Crippen molar-refractivity contribution in [3.05, 3.63) is 46.1 Å². The van der Waals surface area contributed by atoms with E-state index >= 15 is 0 Å². The average Bonchev–Trinajstić information content (AvgIpc) is 3.34. The molecule has 0 saturated carbocycles. The van der Waals surface area contributed by atoms with Gasteiger partial charge in [-0.25, -0.2) is 9.97 Å². The number of rotatable bonds is 3. The fraction of sp³-hybridized carbons (Fsp3) is 0.381. The molecule has 1 aromatic carbocycles. The zero-order valence-electron chi connectivity index (χ0n) is 15.5. The van der Waals surface area contributed by atoms with Gasteiger partial charge in [-0.15, -0.1) is 11.3 Å². The molecule has 1 atom stereocenters. The molecular weight excluding hydrogens is 374 g/mol. The summed E-state index contributed by atoms with van der Waals surface area (Å²) in [6, 6.07) is 8.22. The van der Waals surface area contributed by atoms with Crippen LogP contribution >= 0.6 is 23.1 Å². The van der Waals surface area contributed by atoms with Crippen LogP contribution in [0, 0.1) is 6.92 Å². The summed E-state index contributed by atoms with van der Waals surface area (Å²) < 4.78 is 0. The lowest BCUT2D eigenvalue weighted by molar-refractivity contribution is -0.117. The molecule has 1 amide bonds. The van der Waals surface area contributed by atoms with E-state index in [-0.39, 0.29) is 11.2 Å². The zero-order valence-corrected chi connectivity index (χ0v) is 17.1. The molecule has 0 fully saturated rings. The van der Waals surface area contributed by atoms with Crippen LogP contribution in [0.25, 0.3) is 10.2 Å². The van der Waals surface area contributed by atoms with Crippen molar-refractivity contribution in [2.24, 2.45) is 0 Å². The van der Waals surface area contributed by atoms with Gasteiger partial charge in [0.25, 0.3) is 0 Å². The maximum atomic E-state index is 13.2. The standard InChI is InChI=1S/C21H21N3OS2/c1-12(21(25)24-11-10-14-6-3-4-8-16(14)24)26-19-18-15-7-5-9-17(15)27-20(18)23-13(2)22-19/h3-4,6,8,12H,5,7,9-11H2,1-2H3/t12-/m1/s1. The zero-order chi connectivity index (χ0) is 18.5. The third-order valence-electron chi connectivity index (χ3n) is 5.43. The Bertz CT molecular complexity index is 1060. The lowest BCUT2D eigenvalue weighted by Gasteiger charge is -2.21. The Labute approximate surface area is 167 Å². The van der Waals surface area contributed by atoms with Crippen LogP contribution in [-0.4, -0.2) is 27.7 Å². The maximum Gasteiger partial charge on any atom is 0.240 e. The topological polar surface area (TPSA) is 46.1 Å². The van der Waals surface area contributed by atoms with Gasteiger partial charge in [0.1, 0.15) is 15.7 Å². The lowest BCUT2D eigenvalue weighted by Crippen LogP contribution is -2.35. The first-order valence-corrected chi connectivity index (χ1v) is 11.2. The first kappa shape index (κ1) is 17.2. The molecule has 0 radical (unpaired) electrons. The van der Waals surface area contributed by atoms with Crippen molar-refractivity contribution in [3.63, 3.8) is 0 Å². The lowest BCUT2D eigenvalue weighted by atomic mass is 10.2. The van der Waals surface area contributed by atoms with Crippen molar-refractivity contribution in [2.45, 2.75) is 49.8 Å². The summed E-state index contributed by atoms with van der Waals surface area (Å²) in [6.45, 7) is 4.72. The Kier molecular flexibility index (Phi) is 4.20. The molecule has 0 N–H and O–H groups in total. The van der Waals surface area contributed by atoms with Gasteiger partial charge < -0.3 is 4.90 Å². The first-order valence-electron chi connectivity index (χ1n) is 9.46.